The standard InChI is InChI=1S/C16H14F3NS/c17-16(18,19)21-14-10-12-8-4-5-9-13(12)20-15(14)11-6-2-1-3-7-11/h1-9,14-15,20H,10H2/t14-,15-/m0/s1. The molecular weight excluding hydrogens is 295 g/mol. The molecule has 1 N–H and O–H groups in total. The third kappa shape index (κ3) is 3.35. The average molecular weight is 309 g/mol. The Bertz CT molecular complexity index is 612. The Morgan fingerprint density at radius 3 is 2.33 bits per heavy atom. The van der Waals surface area contributed by atoms with Gasteiger partial charge in [-0.15, -0.1) is 0 Å². The Kier molecular flexibility index (Phi) is 3.85. The van der Waals surface area contributed by atoms with E-state index in [1.165, 1.54) is 0 Å². The van der Waals surface area contributed by atoms with Crippen LogP contribution in [0.25, 0.3) is 0 Å². The normalized spacial score (nSPS) is 21.5. The summed E-state index contributed by atoms with van der Waals surface area (Å²) < 4.78 is 38.5. The van der Waals surface area contributed by atoms with Crippen molar-refractivity contribution in [3.63, 3.8) is 0 Å². The molecule has 1 nitrogen and oxygen atoms in total. The van der Waals surface area contributed by atoms with E-state index in [1.54, 1.807) is 0 Å². The van der Waals surface area contributed by atoms with E-state index in [9.17, 15) is 13.2 Å². The lowest BCUT2D eigenvalue weighted by molar-refractivity contribution is -0.0335. The SMILES string of the molecule is FC(F)(F)S[C@H]1Cc2ccccc2N[C@H]1c1ccccc1. The zero-order valence-electron chi connectivity index (χ0n) is 11.1. The molecule has 0 saturated carbocycles. The second kappa shape index (κ2) is 5.64. The number of hydrogen-bond donors (Lipinski definition) is 1. The number of fused-ring (bicyclic) bond motifs is 1. The van der Waals surface area contributed by atoms with Crippen LogP contribution in [0.15, 0.2) is 54.6 Å². The first-order chi connectivity index (χ1) is 10.0. The van der Waals surface area contributed by atoms with Crippen LogP contribution in [0, 0.1) is 0 Å². The van der Waals surface area contributed by atoms with Crippen LogP contribution in [0.2, 0.25) is 0 Å². The quantitative estimate of drug-likeness (QED) is 0.836. The number of benzene rings is 2. The predicted octanol–water partition coefficient (Wildman–Crippen LogP) is 5.02. The maximum absolute atomic E-state index is 12.8. The summed E-state index contributed by atoms with van der Waals surface area (Å²) in [6, 6.07) is 16.5. The van der Waals surface area contributed by atoms with Crippen LogP contribution in [-0.4, -0.2) is 10.8 Å². The molecule has 3 rings (SSSR count). The van der Waals surface area contributed by atoms with Crippen molar-refractivity contribution in [1.29, 1.82) is 0 Å². The second-order valence-electron chi connectivity index (χ2n) is 5.00. The van der Waals surface area contributed by atoms with E-state index < -0.39 is 10.8 Å². The molecule has 0 amide bonds. The van der Waals surface area contributed by atoms with Crippen LogP contribution in [0.1, 0.15) is 17.2 Å². The molecule has 0 unspecified atom stereocenters. The van der Waals surface area contributed by atoms with Gasteiger partial charge in [0.2, 0.25) is 0 Å². The average Bonchev–Trinajstić information content (AvgIpc) is 2.46. The highest BCUT2D eigenvalue weighted by Gasteiger charge is 2.39. The van der Waals surface area contributed by atoms with Crippen molar-refractivity contribution < 1.29 is 13.2 Å². The first-order valence-electron chi connectivity index (χ1n) is 6.67. The smallest absolute Gasteiger partial charge is 0.377 e. The fraction of sp³-hybridized carbons (Fsp3) is 0.250. The monoisotopic (exact) mass is 309 g/mol. The molecule has 5 heteroatoms. The minimum absolute atomic E-state index is 0.0817. The van der Waals surface area contributed by atoms with Gasteiger partial charge in [0.05, 0.1) is 6.04 Å². The molecule has 2 atom stereocenters. The lowest BCUT2D eigenvalue weighted by Gasteiger charge is -2.35. The van der Waals surface area contributed by atoms with Crippen molar-refractivity contribution in [2.75, 3.05) is 5.32 Å². The molecule has 0 bridgehead atoms. The first kappa shape index (κ1) is 14.3. The highest BCUT2D eigenvalue weighted by molar-refractivity contribution is 8.00. The van der Waals surface area contributed by atoms with Gasteiger partial charge in [0.15, 0.2) is 0 Å². The fourth-order valence-electron chi connectivity index (χ4n) is 2.67. The van der Waals surface area contributed by atoms with Crippen molar-refractivity contribution in [1.82, 2.24) is 0 Å². The zero-order chi connectivity index (χ0) is 14.9. The summed E-state index contributed by atoms with van der Waals surface area (Å²) in [5, 5.41) is 2.70. The van der Waals surface area contributed by atoms with E-state index in [1.807, 2.05) is 54.6 Å². The molecule has 0 aromatic heterocycles. The van der Waals surface area contributed by atoms with Gasteiger partial charge in [0, 0.05) is 10.9 Å². The number of alkyl halides is 3. The summed E-state index contributed by atoms with van der Waals surface area (Å²) in [7, 11) is 0. The first-order valence-corrected chi connectivity index (χ1v) is 7.55. The van der Waals surface area contributed by atoms with E-state index in [4.69, 9.17) is 0 Å². The van der Waals surface area contributed by atoms with Crippen molar-refractivity contribution >= 4 is 17.4 Å². The highest BCUT2D eigenvalue weighted by atomic mass is 32.2. The van der Waals surface area contributed by atoms with Gasteiger partial charge in [-0.1, -0.05) is 48.5 Å². The summed E-state index contributed by atoms with van der Waals surface area (Å²) in [5.74, 6) is 0. The molecule has 2 aromatic rings. The highest BCUT2D eigenvalue weighted by Crippen LogP contribution is 2.44. The molecule has 1 heterocycles. The Morgan fingerprint density at radius 2 is 1.62 bits per heavy atom. The largest absolute Gasteiger partial charge is 0.442 e. The van der Waals surface area contributed by atoms with Crippen LogP contribution >= 0.6 is 11.8 Å². The van der Waals surface area contributed by atoms with Crippen molar-refractivity contribution in [3.05, 3.63) is 65.7 Å². The predicted molar refractivity (Wildman–Crippen MR) is 80.4 cm³/mol. The molecule has 110 valence electrons. The van der Waals surface area contributed by atoms with Crippen molar-refractivity contribution in [2.45, 2.75) is 23.2 Å². The summed E-state index contributed by atoms with van der Waals surface area (Å²) in [4.78, 5) is 0. The maximum Gasteiger partial charge on any atom is 0.442 e. The second-order valence-corrected chi connectivity index (χ2v) is 6.30. The molecule has 2 aromatic carbocycles. The minimum Gasteiger partial charge on any atom is -0.377 e. The Morgan fingerprint density at radius 1 is 0.952 bits per heavy atom. The van der Waals surface area contributed by atoms with Crippen LogP contribution in [0.5, 0.6) is 0 Å². The summed E-state index contributed by atoms with van der Waals surface area (Å²) in [5.41, 5.74) is -1.49. The van der Waals surface area contributed by atoms with Crippen molar-refractivity contribution in [3.8, 4) is 0 Å². The number of rotatable bonds is 2. The fourth-order valence-corrected chi connectivity index (χ4v) is 3.64. The van der Waals surface area contributed by atoms with Gasteiger partial charge < -0.3 is 5.32 Å². The zero-order valence-corrected chi connectivity index (χ0v) is 11.9. The van der Waals surface area contributed by atoms with Crippen LogP contribution in [-0.2, 0) is 6.42 Å². The topological polar surface area (TPSA) is 12.0 Å². The van der Waals surface area contributed by atoms with E-state index in [2.05, 4.69) is 5.32 Å². The minimum atomic E-state index is -4.23. The number of hydrogen-bond acceptors (Lipinski definition) is 2. The number of thioether (sulfide) groups is 1. The third-order valence-electron chi connectivity index (χ3n) is 3.56. The van der Waals surface area contributed by atoms with E-state index in [0.29, 0.717) is 6.42 Å². The number of halogens is 3. The Hall–Kier alpha value is -1.62. The van der Waals surface area contributed by atoms with Gasteiger partial charge in [-0.3, -0.25) is 0 Å². The molecule has 0 saturated heterocycles. The van der Waals surface area contributed by atoms with Gasteiger partial charge >= 0.3 is 5.51 Å². The molecule has 0 spiro atoms. The number of nitrogens with one attached hydrogen (secondary N) is 1. The molecule has 0 radical (unpaired) electrons. The molecular formula is C16H14F3NS. The molecule has 1 aliphatic heterocycles. The van der Waals surface area contributed by atoms with E-state index in [0.717, 1.165) is 16.8 Å². The van der Waals surface area contributed by atoms with Crippen molar-refractivity contribution in [2.24, 2.45) is 0 Å². The van der Waals surface area contributed by atoms with Crippen LogP contribution in [0.4, 0.5) is 18.9 Å². The van der Waals surface area contributed by atoms with Gasteiger partial charge in [0.1, 0.15) is 0 Å². The Balaban J connectivity index is 1.95. The Labute approximate surface area is 125 Å². The molecule has 1 aliphatic rings. The lowest BCUT2D eigenvalue weighted by atomic mass is 9.93. The van der Waals surface area contributed by atoms with Gasteiger partial charge in [-0.25, -0.2) is 0 Å². The summed E-state index contributed by atoms with van der Waals surface area (Å²) in [6.45, 7) is 0. The van der Waals surface area contributed by atoms with Gasteiger partial charge in [0.25, 0.3) is 0 Å². The van der Waals surface area contributed by atoms with E-state index in [-0.39, 0.29) is 17.8 Å². The van der Waals surface area contributed by atoms with Gasteiger partial charge in [-0.2, -0.15) is 13.2 Å². The molecule has 0 fully saturated rings. The van der Waals surface area contributed by atoms with E-state index >= 15 is 0 Å². The molecule has 21 heavy (non-hydrogen) atoms. The lowest BCUT2D eigenvalue weighted by Crippen LogP contribution is -2.32. The summed E-state index contributed by atoms with van der Waals surface area (Å²) >= 11 is 0.0817. The summed E-state index contributed by atoms with van der Waals surface area (Å²) in [6.07, 6.45) is 0.410. The number of para-hydroxylation sites is 1. The molecule has 0 aliphatic carbocycles. The third-order valence-corrected chi connectivity index (χ3v) is 4.57. The maximum atomic E-state index is 12.8. The number of anilines is 1. The van der Waals surface area contributed by atoms with Gasteiger partial charge in [-0.05, 0) is 35.4 Å². The van der Waals surface area contributed by atoms with Crippen LogP contribution < -0.4 is 5.32 Å². The van der Waals surface area contributed by atoms with Crippen LogP contribution in [0.3, 0.4) is 0 Å².